The number of carbonyl (C=O) groups is 2. The van der Waals surface area contributed by atoms with Gasteiger partial charge in [-0.25, -0.2) is 9.97 Å². The first-order valence-corrected chi connectivity index (χ1v) is 14.4. The second-order valence-electron chi connectivity index (χ2n) is 9.27. The maximum Gasteiger partial charge on any atom is 0.296 e. The van der Waals surface area contributed by atoms with Crippen molar-refractivity contribution >= 4 is 61.3 Å². The molecule has 0 saturated heterocycles. The number of thiazole rings is 2. The van der Waals surface area contributed by atoms with E-state index in [9.17, 15) is 14.7 Å². The molecule has 1 N–H and O–H groups in total. The Morgan fingerprint density at radius 3 is 2.58 bits per heavy atom. The minimum Gasteiger partial charge on any atom is -0.503 e. The summed E-state index contributed by atoms with van der Waals surface area (Å²) in [4.78, 5) is 38.3. The first-order valence-electron chi connectivity index (χ1n) is 12.4. The monoisotopic (exact) mass is 587 g/mol. The van der Waals surface area contributed by atoms with Gasteiger partial charge in [0.2, 0.25) is 5.78 Å². The first kappa shape index (κ1) is 26.2. The van der Waals surface area contributed by atoms with E-state index in [1.807, 2.05) is 43.3 Å². The molecule has 1 unspecified atom stereocenters. The van der Waals surface area contributed by atoms with Crippen LogP contribution in [0.25, 0.3) is 10.2 Å². The number of halogens is 1. The zero-order valence-corrected chi connectivity index (χ0v) is 23.8. The van der Waals surface area contributed by atoms with E-state index in [0.717, 1.165) is 15.3 Å². The minimum absolute atomic E-state index is 0.0192. The highest BCUT2D eigenvalue weighted by Crippen LogP contribution is 2.45. The number of nitrogens with zero attached hydrogens (tertiary/aromatic N) is 3. The standard InChI is InChI=1S/C30H22ClN3O4S2/c1-16-28(39-17(2)32-16)26(35)24-25(19-9-6-10-21(13-19)38-15-18-7-4-3-5-8-18)34(29(37)27(24)36)30-33-22-12-11-20(31)14-23(22)40-30/h3-14,25,36H,15H2,1-2H3. The summed E-state index contributed by atoms with van der Waals surface area (Å²) in [5, 5.41) is 12.8. The number of fused-ring (bicyclic) bond motifs is 1. The molecule has 1 amide bonds. The quantitative estimate of drug-likeness (QED) is 0.200. The van der Waals surface area contributed by atoms with Crippen LogP contribution in [0.4, 0.5) is 5.13 Å². The summed E-state index contributed by atoms with van der Waals surface area (Å²) in [6, 6.07) is 21.3. The number of aliphatic hydroxyl groups excluding tert-OH is 1. The number of rotatable bonds is 7. The van der Waals surface area contributed by atoms with Crippen molar-refractivity contribution in [2.24, 2.45) is 0 Å². The Kier molecular flexibility index (Phi) is 6.87. The smallest absolute Gasteiger partial charge is 0.296 e. The number of hydrogen-bond donors (Lipinski definition) is 1. The molecule has 200 valence electrons. The Balaban J connectivity index is 1.45. The fourth-order valence-electron chi connectivity index (χ4n) is 4.72. The van der Waals surface area contributed by atoms with E-state index in [1.165, 1.54) is 27.6 Å². The van der Waals surface area contributed by atoms with E-state index in [0.29, 0.717) is 44.2 Å². The molecule has 1 atom stereocenters. The van der Waals surface area contributed by atoms with Crippen molar-refractivity contribution in [1.82, 2.24) is 9.97 Å². The lowest BCUT2D eigenvalue weighted by molar-refractivity contribution is -0.117. The van der Waals surface area contributed by atoms with Gasteiger partial charge < -0.3 is 9.84 Å². The zero-order valence-electron chi connectivity index (χ0n) is 21.4. The molecular formula is C30H22ClN3O4S2. The van der Waals surface area contributed by atoms with Gasteiger partial charge >= 0.3 is 0 Å². The largest absolute Gasteiger partial charge is 0.503 e. The third-order valence-corrected chi connectivity index (χ3v) is 8.85. The summed E-state index contributed by atoms with van der Waals surface area (Å²) in [5.74, 6) is -1.18. The minimum atomic E-state index is -0.932. The van der Waals surface area contributed by atoms with Crippen LogP contribution in [0.3, 0.4) is 0 Å². The Labute approximate surface area is 243 Å². The number of amides is 1. The van der Waals surface area contributed by atoms with Crippen molar-refractivity contribution in [3.8, 4) is 5.75 Å². The van der Waals surface area contributed by atoms with Crippen LogP contribution < -0.4 is 9.64 Å². The van der Waals surface area contributed by atoms with Gasteiger partial charge in [0, 0.05) is 5.02 Å². The number of anilines is 1. The Hall–Kier alpha value is -4.05. The average molecular weight is 588 g/mol. The van der Waals surface area contributed by atoms with Crippen LogP contribution in [-0.4, -0.2) is 26.8 Å². The second kappa shape index (κ2) is 10.5. The molecule has 3 aromatic carbocycles. The molecule has 2 aromatic heterocycles. The van der Waals surface area contributed by atoms with E-state index >= 15 is 0 Å². The molecule has 7 nitrogen and oxygen atoms in total. The lowest BCUT2D eigenvalue weighted by Crippen LogP contribution is -2.31. The summed E-state index contributed by atoms with van der Waals surface area (Å²) in [6.07, 6.45) is 0. The van der Waals surface area contributed by atoms with Gasteiger partial charge in [0.05, 0.1) is 37.4 Å². The highest BCUT2D eigenvalue weighted by atomic mass is 35.5. The Morgan fingerprint density at radius 1 is 1.02 bits per heavy atom. The van der Waals surface area contributed by atoms with Gasteiger partial charge in [0.15, 0.2) is 10.9 Å². The maximum absolute atomic E-state index is 13.9. The average Bonchev–Trinajstić information content (AvgIpc) is 3.60. The van der Waals surface area contributed by atoms with Crippen molar-refractivity contribution in [2.45, 2.75) is 26.5 Å². The molecule has 1 aliphatic rings. The van der Waals surface area contributed by atoms with Crippen LogP contribution in [0.5, 0.6) is 5.75 Å². The van der Waals surface area contributed by atoms with Crippen molar-refractivity contribution in [1.29, 1.82) is 0 Å². The molecule has 0 radical (unpaired) electrons. The molecule has 10 heteroatoms. The topological polar surface area (TPSA) is 92.6 Å². The van der Waals surface area contributed by atoms with Gasteiger partial charge in [-0.3, -0.25) is 14.5 Å². The number of aryl methyl sites for hydroxylation is 2. The number of carbonyl (C=O) groups excluding carboxylic acids is 2. The number of ether oxygens (including phenoxy) is 1. The normalized spacial score (nSPS) is 15.3. The lowest BCUT2D eigenvalue weighted by atomic mass is 9.95. The summed E-state index contributed by atoms with van der Waals surface area (Å²) < 4.78 is 6.83. The van der Waals surface area contributed by atoms with Gasteiger partial charge in [-0.2, -0.15) is 0 Å². The van der Waals surface area contributed by atoms with E-state index < -0.39 is 23.5 Å². The van der Waals surface area contributed by atoms with Crippen LogP contribution in [-0.2, 0) is 11.4 Å². The van der Waals surface area contributed by atoms with Crippen molar-refractivity contribution in [2.75, 3.05) is 4.90 Å². The maximum atomic E-state index is 13.9. The number of aliphatic hydroxyl groups is 1. The molecule has 0 fully saturated rings. The molecule has 6 rings (SSSR count). The molecular weight excluding hydrogens is 566 g/mol. The summed E-state index contributed by atoms with van der Waals surface area (Å²) >= 11 is 8.69. The predicted octanol–water partition coefficient (Wildman–Crippen LogP) is 7.38. The highest BCUT2D eigenvalue weighted by Gasteiger charge is 2.46. The fraction of sp³-hybridized carbons (Fsp3) is 0.133. The number of hydrogen-bond acceptors (Lipinski definition) is 8. The summed E-state index contributed by atoms with van der Waals surface area (Å²) in [6.45, 7) is 3.90. The van der Waals surface area contributed by atoms with Crippen LogP contribution in [0, 0.1) is 13.8 Å². The van der Waals surface area contributed by atoms with Gasteiger partial charge in [0.1, 0.15) is 12.4 Å². The van der Waals surface area contributed by atoms with Crippen LogP contribution in [0.1, 0.15) is 37.5 Å². The van der Waals surface area contributed by atoms with Crippen LogP contribution in [0.2, 0.25) is 5.02 Å². The van der Waals surface area contributed by atoms with E-state index in [2.05, 4.69) is 9.97 Å². The van der Waals surface area contributed by atoms with Crippen molar-refractivity contribution in [3.05, 3.63) is 116 Å². The third kappa shape index (κ3) is 4.77. The number of aromatic nitrogens is 2. The summed E-state index contributed by atoms with van der Waals surface area (Å²) in [5.41, 5.74) is 2.79. The zero-order chi connectivity index (χ0) is 28.0. The molecule has 0 aliphatic carbocycles. The van der Waals surface area contributed by atoms with Crippen molar-refractivity contribution < 1.29 is 19.4 Å². The Bertz CT molecular complexity index is 1810. The molecule has 3 heterocycles. The SMILES string of the molecule is Cc1nc(C)c(C(=O)C2=C(O)C(=O)N(c3nc4ccc(Cl)cc4s3)C2c2cccc(OCc3ccccc3)c2)s1. The predicted molar refractivity (Wildman–Crippen MR) is 158 cm³/mol. The second-order valence-corrected chi connectivity index (χ2v) is 11.9. The van der Waals surface area contributed by atoms with Gasteiger partial charge in [-0.05, 0) is 55.3 Å². The van der Waals surface area contributed by atoms with Crippen LogP contribution >= 0.6 is 34.3 Å². The van der Waals surface area contributed by atoms with Gasteiger partial charge in [-0.1, -0.05) is 65.4 Å². The number of benzene rings is 3. The van der Waals surface area contributed by atoms with Crippen molar-refractivity contribution in [3.63, 3.8) is 0 Å². The van der Waals surface area contributed by atoms with Gasteiger partial charge in [-0.15, -0.1) is 11.3 Å². The first-order chi connectivity index (χ1) is 19.3. The number of Topliss-reactive ketones (excluding diaryl/α,β-unsaturated/α-hetero) is 1. The molecule has 5 aromatic rings. The Morgan fingerprint density at radius 2 is 1.82 bits per heavy atom. The third-order valence-electron chi connectivity index (χ3n) is 6.53. The molecule has 0 bridgehead atoms. The molecule has 0 saturated carbocycles. The molecule has 0 spiro atoms. The van der Waals surface area contributed by atoms with E-state index in [4.69, 9.17) is 16.3 Å². The van der Waals surface area contributed by atoms with Gasteiger partial charge in [0.25, 0.3) is 5.91 Å². The summed E-state index contributed by atoms with van der Waals surface area (Å²) in [7, 11) is 0. The van der Waals surface area contributed by atoms with E-state index in [1.54, 1.807) is 43.3 Å². The molecule has 1 aliphatic heterocycles. The lowest BCUT2D eigenvalue weighted by Gasteiger charge is -2.24. The molecule has 40 heavy (non-hydrogen) atoms. The highest BCUT2D eigenvalue weighted by molar-refractivity contribution is 7.22. The van der Waals surface area contributed by atoms with E-state index in [-0.39, 0.29) is 5.57 Å². The fourth-order valence-corrected chi connectivity index (χ4v) is 6.86. The van der Waals surface area contributed by atoms with Crippen LogP contribution in [0.15, 0.2) is 84.1 Å². The number of ketones is 1.